The van der Waals surface area contributed by atoms with Crippen LogP contribution in [0.2, 0.25) is 5.02 Å². The molecule has 6 heteroatoms. The van der Waals surface area contributed by atoms with Crippen molar-refractivity contribution in [3.8, 4) is 11.5 Å². The van der Waals surface area contributed by atoms with Crippen molar-refractivity contribution in [2.45, 2.75) is 30.8 Å². The molecule has 0 radical (unpaired) electrons. The zero-order chi connectivity index (χ0) is 18.3. The minimum atomic E-state index is 0. The van der Waals surface area contributed by atoms with Crippen LogP contribution in [0.5, 0.6) is 11.5 Å². The molecule has 2 aromatic carbocycles. The number of rotatable bonds is 3. The van der Waals surface area contributed by atoms with Crippen LogP contribution in [0.4, 0.5) is 0 Å². The first-order chi connectivity index (χ1) is 12.6. The third-order valence-electron chi connectivity index (χ3n) is 5.83. The molecule has 4 nitrogen and oxygen atoms in total. The highest BCUT2D eigenvalue weighted by Gasteiger charge is 2.38. The van der Waals surface area contributed by atoms with Gasteiger partial charge in [0.1, 0.15) is 0 Å². The number of halogens is 2. The molecular weight excluding hydrogens is 383 g/mol. The van der Waals surface area contributed by atoms with Crippen molar-refractivity contribution < 1.29 is 9.47 Å². The number of fused-ring (bicyclic) bond motifs is 3. The van der Waals surface area contributed by atoms with Gasteiger partial charge in [-0.25, -0.2) is 0 Å². The van der Waals surface area contributed by atoms with Crippen LogP contribution in [0.15, 0.2) is 36.4 Å². The molecule has 2 N–H and O–H groups in total. The third kappa shape index (κ3) is 3.77. The van der Waals surface area contributed by atoms with Crippen LogP contribution < -0.4 is 15.2 Å². The summed E-state index contributed by atoms with van der Waals surface area (Å²) < 4.78 is 11.0. The number of piperidine rings is 1. The van der Waals surface area contributed by atoms with E-state index in [2.05, 4.69) is 29.2 Å². The Hall–Kier alpha value is -1.46. The quantitative estimate of drug-likeness (QED) is 0.826. The van der Waals surface area contributed by atoms with Gasteiger partial charge in [-0.1, -0.05) is 23.7 Å². The molecule has 0 aliphatic carbocycles. The molecular formula is C21H26Cl2N2O2. The monoisotopic (exact) mass is 408 g/mol. The number of hydrogen-bond acceptors (Lipinski definition) is 4. The highest BCUT2D eigenvalue weighted by molar-refractivity contribution is 6.30. The Morgan fingerprint density at radius 3 is 2.56 bits per heavy atom. The fraction of sp³-hybridized carbons (Fsp3) is 0.429. The lowest BCUT2D eigenvalue weighted by Crippen LogP contribution is -2.49. The van der Waals surface area contributed by atoms with E-state index >= 15 is 0 Å². The van der Waals surface area contributed by atoms with E-state index in [0.29, 0.717) is 12.0 Å². The smallest absolute Gasteiger partial charge is 0.161 e. The topological polar surface area (TPSA) is 47.7 Å². The van der Waals surface area contributed by atoms with E-state index in [-0.39, 0.29) is 18.4 Å². The van der Waals surface area contributed by atoms with E-state index in [9.17, 15) is 0 Å². The Kier molecular flexibility index (Phi) is 6.21. The van der Waals surface area contributed by atoms with Crippen LogP contribution >= 0.6 is 24.0 Å². The van der Waals surface area contributed by atoms with Gasteiger partial charge in [-0.2, -0.15) is 0 Å². The second-order valence-corrected chi connectivity index (χ2v) is 7.66. The summed E-state index contributed by atoms with van der Waals surface area (Å²) >= 11 is 6.20. The van der Waals surface area contributed by atoms with Gasteiger partial charge in [-0.3, -0.25) is 4.90 Å². The minimum absolute atomic E-state index is 0. The second-order valence-electron chi connectivity index (χ2n) is 7.23. The number of nitrogens with zero attached hydrogens (tertiary/aromatic N) is 1. The normalized spacial score (nSPS) is 24.4. The molecule has 1 unspecified atom stereocenters. The minimum Gasteiger partial charge on any atom is -0.493 e. The number of hydrogen-bond donors (Lipinski definition) is 1. The average Bonchev–Trinajstić information content (AvgIpc) is 2.66. The summed E-state index contributed by atoms with van der Waals surface area (Å²) in [5.74, 6) is 1.90. The zero-order valence-corrected chi connectivity index (χ0v) is 17.2. The van der Waals surface area contributed by atoms with Gasteiger partial charge in [-0.05, 0) is 53.8 Å². The van der Waals surface area contributed by atoms with Gasteiger partial charge in [0.25, 0.3) is 0 Å². The maximum atomic E-state index is 6.63. The van der Waals surface area contributed by atoms with E-state index in [4.69, 9.17) is 26.8 Å². The summed E-state index contributed by atoms with van der Waals surface area (Å²) in [5, 5.41) is 0.776. The number of benzene rings is 2. The second kappa shape index (κ2) is 8.27. The SMILES string of the molecule is COc1cc2c(cc1OC)C1C[C@H](N)[C@@H](c3cccc(Cl)c3)CN1CC2.Cl. The summed E-state index contributed by atoms with van der Waals surface area (Å²) in [4.78, 5) is 2.56. The Bertz CT molecular complexity index is 815. The van der Waals surface area contributed by atoms with Crippen molar-refractivity contribution in [3.05, 3.63) is 58.1 Å². The molecule has 0 aromatic heterocycles. The van der Waals surface area contributed by atoms with E-state index in [1.165, 1.54) is 16.7 Å². The third-order valence-corrected chi connectivity index (χ3v) is 6.07. The van der Waals surface area contributed by atoms with Crippen molar-refractivity contribution >= 4 is 24.0 Å². The summed E-state index contributed by atoms with van der Waals surface area (Å²) in [6.07, 6.45) is 1.95. The molecule has 0 amide bonds. The molecule has 146 valence electrons. The lowest BCUT2D eigenvalue weighted by molar-refractivity contribution is 0.109. The van der Waals surface area contributed by atoms with E-state index < -0.39 is 0 Å². The summed E-state index contributed by atoms with van der Waals surface area (Å²) in [6, 6.07) is 12.8. The van der Waals surface area contributed by atoms with E-state index in [1.54, 1.807) is 14.2 Å². The Morgan fingerprint density at radius 2 is 1.85 bits per heavy atom. The molecule has 2 aromatic rings. The first kappa shape index (κ1) is 20.3. The highest BCUT2D eigenvalue weighted by Crippen LogP contribution is 2.44. The summed E-state index contributed by atoms with van der Waals surface area (Å²) in [5.41, 5.74) is 10.5. The lowest BCUT2D eigenvalue weighted by atomic mass is 9.78. The molecule has 2 aliphatic rings. The van der Waals surface area contributed by atoms with Crippen LogP contribution in [0, 0.1) is 0 Å². The van der Waals surface area contributed by atoms with Crippen LogP contribution in [0.3, 0.4) is 0 Å². The van der Waals surface area contributed by atoms with Crippen LogP contribution in [0.1, 0.15) is 35.1 Å². The Morgan fingerprint density at radius 1 is 1.11 bits per heavy atom. The largest absolute Gasteiger partial charge is 0.493 e. The fourth-order valence-corrected chi connectivity index (χ4v) is 4.67. The van der Waals surface area contributed by atoms with Crippen LogP contribution in [-0.2, 0) is 6.42 Å². The molecule has 27 heavy (non-hydrogen) atoms. The van der Waals surface area contributed by atoms with Crippen LogP contribution in [-0.4, -0.2) is 38.3 Å². The predicted octanol–water partition coefficient (Wildman–Crippen LogP) is 4.19. The summed E-state index contributed by atoms with van der Waals surface area (Å²) in [7, 11) is 3.37. The van der Waals surface area contributed by atoms with Crippen molar-refractivity contribution in [2.75, 3.05) is 27.3 Å². The van der Waals surface area contributed by atoms with Gasteiger partial charge < -0.3 is 15.2 Å². The molecule has 2 aliphatic heterocycles. The maximum Gasteiger partial charge on any atom is 0.161 e. The van der Waals surface area contributed by atoms with Crippen molar-refractivity contribution in [3.63, 3.8) is 0 Å². The van der Waals surface area contributed by atoms with Gasteiger partial charge in [-0.15, -0.1) is 12.4 Å². The van der Waals surface area contributed by atoms with Gasteiger partial charge >= 0.3 is 0 Å². The molecule has 1 saturated heterocycles. The maximum absolute atomic E-state index is 6.63. The molecule has 0 spiro atoms. The van der Waals surface area contributed by atoms with Crippen molar-refractivity contribution in [1.29, 1.82) is 0 Å². The van der Waals surface area contributed by atoms with Gasteiger partial charge in [0.2, 0.25) is 0 Å². The predicted molar refractivity (Wildman–Crippen MR) is 112 cm³/mol. The van der Waals surface area contributed by atoms with Crippen LogP contribution in [0.25, 0.3) is 0 Å². The Balaban J connectivity index is 0.00000210. The average molecular weight is 409 g/mol. The molecule has 2 heterocycles. The van der Waals surface area contributed by atoms with Gasteiger partial charge in [0.05, 0.1) is 14.2 Å². The number of ether oxygens (including phenoxy) is 2. The molecule has 0 saturated carbocycles. The highest BCUT2D eigenvalue weighted by atomic mass is 35.5. The van der Waals surface area contributed by atoms with Gasteiger partial charge in [0.15, 0.2) is 11.5 Å². The van der Waals surface area contributed by atoms with E-state index in [0.717, 1.165) is 42.5 Å². The standard InChI is InChI=1S/C21H25ClN2O2.ClH/c1-25-20-9-14-6-7-24-12-17(13-4-3-5-15(22)8-13)18(23)11-19(24)16(14)10-21(20)26-2;/h3-5,8-10,17-19H,6-7,11-12,23H2,1-2H3;1H/t17-,18+,19?;/m1./s1. The Labute approximate surface area is 172 Å². The molecule has 1 fully saturated rings. The molecule has 0 bridgehead atoms. The number of methoxy groups -OCH3 is 2. The van der Waals surface area contributed by atoms with Crippen molar-refractivity contribution in [1.82, 2.24) is 4.90 Å². The first-order valence-corrected chi connectivity index (χ1v) is 9.48. The van der Waals surface area contributed by atoms with Gasteiger partial charge in [0, 0.05) is 36.1 Å². The summed E-state index contributed by atoms with van der Waals surface area (Å²) in [6.45, 7) is 2.00. The van der Waals surface area contributed by atoms with E-state index in [1.807, 2.05) is 12.1 Å². The van der Waals surface area contributed by atoms with Crippen molar-refractivity contribution in [2.24, 2.45) is 5.73 Å². The fourth-order valence-electron chi connectivity index (χ4n) is 4.47. The molecule has 3 atom stereocenters. The first-order valence-electron chi connectivity index (χ1n) is 9.10. The molecule has 4 rings (SSSR count). The zero-order valence-electron chi connectivity index (χ0n) is 15.7. The number of nitrogens with two attached hydrogens (primary N) is 1. The lowest BCUT2D eigenvalue weighted by Gasteiger charge is -2.46.